The van der Waals surface area contributed by atoms with Crippen LogP contribution in [0.4, 0.5) is 0 Å². The highest BCUT2D eigenvalue weighted by Gasteiger charge is 2.29. The third-order valence-electron chi connectivity index (χ3n) is 5.41. The Labute approximate surface area is 124 Å². The minimum absolute atomic E-state index is 0.463. The van der Waals surface area contributed by atoms with E-state index in [0.29, 0.717) is 6.04 Å². The molecule has 2 heteroatoms. The van der Waals surface area contributed by atoms with Gasteiger partial charge in [0, 0.05) is 6.04 Å². The minimum atomic E-state index is 0.463. The van der Waals surface area contributed by atoms with Gasteiger partial charge in [-0.05, 0) is 61.5 Å². The van der Waals surface area contributed by atoms with Crippen molar-refractivity contribution in [3.8, 4) is 0 Å². The summed E-state index contributed by atoms with van der Waals surface area (Å²) < 4.78 is 0. The van der Waals surface area contributed by atoms with Gasteiger partial charge in [0.15, 0.2) is 0 Å². The molecular weight excluding hydrogens is 244 g/mol. The van der Waals surface area contributed by atoms with E-state index in [1.807, 2.05) is 0 Å². The molecule has 3 N–H and O–H groups in total. The zero-order valence-corrected chi connectivity index (χ0v) is 13.2. The van der Waals surface area contributed by atoms with Gasteiger partial charge in [-0.2, -0.15) is 0 Å². The largest absolute Gasteiger partial charge is 0.271 e. The van der Waals surface area contributed by atoms with Crippen LogP contribution in [0.2, 0.25) is 0 Å². The molecule has 4 atom stereocenters. The second kappa shape index (κ2) is 7.24. The first-order valence-electron chi connectivity index (χ1n) is 8.12. The van der Waals surface area contributed by atoms with Crippen LogP contribution >= 0.6 is 0 Å². The van der Waals surface area contributed by atoms with E-state index in [0.717, 1.165) is 30.6 Å². The fraction of sp³-hybridized carbons (Fsp3) is 0.667. The molecule has 2 nitrogen and oxygen atoms in total. The van der Waals surface area contributed by atoms with Crippen LogP contribution in [0.1, 0.15) is 50.7 Å². The third kappa shape index (κ3) is 3.83. The average molecular weight is 274 g/mol. The molecule has 0 bridgehead atoms. The summed E-state index contributed by atoms with van der Waals surface area (Å²) in [5.74, 6) is 8.29. The lowest BCUT2D eigenvalue weighted by molar-refractivity contribution is 0.166. The molecule has 112 valence electrons. The Morgan fingerprint density at radius 1 is 1.20 bits per heavy atom. The highest BCUT2D eigenvalue weighted by molar-refractivity contribution is 5.25. The van der Waals surface area contributed by atoms with E-state index < -0.39 is 0 Å². The quantitative estimate of drug-likeness (QED) is 0.632. The van der Waals surface area contributed by atoms with Gasteiger partial charge in [0.05, 0.1) is 0 Å². The second-order valence-electron chi connectivity index (χ2n) is 6.77. The van der Waals surface area contributed by atoms with Gasteiger partial charge in [0.2, 0.25) is 0 Å². The number of benzene rings is 1. The Balaban J connectivity index is 1.91. The lowest BCUT2D eigenvalue weighted by Gasteiger charge is -2.36. The lowest BCUT2D eigenvalue weighted by atomic mass is 9.72. The van der Waals surface area contributed by atoms with Crippen molar-refractivity contribution < 1.29 is 0 Å². The Morgan fingerprint density at radius 2 is 1.95 bits per heavy atom. The summed E-state index contributed by atoms with van der Waals surface area (Å²) >= 11 is 0. The highest BCUT2D eigenvalue weighted by atomic mass is 15.2. The van der Waals surface area contributed by atoms with Gasteiger partial charge in [-0.1, -0.05) is 44.5 Å². The van der Waals surface area contributed by atoms with E-state index in [1.165, 1.54) is 30.4 Å². The van der Waals surface area contributed by atoms with E-state index in [1.54, 1.807) is 0 Å². The molecule has 1 aliphatic carbocycles. The van der Waals surface area contributed by atoms with E-state index in [9.17, 15) is 0 Å². The number of hydrogen-bond donors (Lipinski definition) is 2. The second-order valence-corrected chi connectivity index (χ2v) is 6.77. The fourth-order valence-corrected chi connectivity index (χ4v) is 3.61. The predicted octanol–water partition coefficient (Wildman–Crippen LogP) is 3.83. The van der Waals surface area contributed by atoms with Crippen molar-refractivity contribution in [1.29, 1.82) is 0 Å². The Bertz CT molecular complexity index is 416. The van der Waals surface area contributed by atoms with Crippen molar-refractivity contribution in [2.24, 2.45) is 23.6 Å². The first kappa shape index (κ1) is 15.5. The number of nitrogens with one attached hydrogen (secondary N) is 1. The van der Waals surface area contributed by atoms with Crippen LogP contribution in [-0.4, -0.2) is 6.04 Å². The summed E-state index contributed by atoms with van der Waals surface area (Å²) in [6, 6.07) is 9.16. The summed E-state index contributed by atoms with van der Waals surface area (Å²) in [7, 11) is 0. The number of hydrogen-bond acceptors (Lipinski definition) is 2. The molecule has 1 aliphatic rings. The Kier molecular flexibility index (Phi) is 5.62. The molecule has 0 radical (unpaired) electrons. The summed E-state index contributed by atoms with van der Waals surface area (Å²) in [6.45, 7) is 6.98. The standard InChI is InChI=1S/C18H30N2/c1-13-8-9-17(12-15(13)3)18(20-19)11-10-16-7-5-4-6-14(16)2/h4-7,13,15,17-18,20H,8-12,19H2,1-3H3. The summed E-state index contributed by atoms with van der Waals surface area (Å²) in [5.41, 5.74) is 5.96. The third-order valence-corrected chi connectivity index (χ3v) is 5.41. The maximum atomic E-state index is 5.84. The van der Waals surface area contributed by atoms with Crippen LogP contribution < -0.4 is 11.3 Å². The Morgan fingerprint density at radius 3 is 2.60 bits per heavy atom. The molecule has 20 heavy (non-hydrogen) atoms. The first-order chi connectivity index (χ1) is 9.61. The molecule has 1 fully saturated rings. The molecule has 0 heterocycles. The van der Waals surface area contributed by atoms with Crippen molar-refractivity contribution in [2.75, 3.05) is 0 Å². The van der Waals surface area contributed by atoms with Gasteiger partial charge in [-0.3, -0.25) is 11.3 Å². The molecule has 2 rings (SSSR count). The van der Waals surface area contributed by atoms with Crippen LogP contribution in [0.5, 0.6) is 0 Å². The van der Waals surface area contributed by atoms with Crippen molar-refractivity contribution in [2.45, 2.75) is 58.9 Å². The minimum Gasteiger partial charge on any atom is -0.271 e. The van der Waals surface area contributed by atoms with Gasteiger partial charge in [-0.25, -0.2) is 0 Å². The molecule has 1 aromatic rings. The molecule has 1 aromatic carbocycles. The monoisotopic (exact) mass is 274 g/mol. The SMILES string of the molecule is Cc1ccccc1CCC(NN)C1CCC(C)C(C)C1. The Hall–Kier alpha value is -0.860. The van der Waals surface area contributed by atoms with E-state index in [2.05, 4.69) is 50.5 Å². The maximum absolute atomic E-state index is 5.84. The zero-order valence-electron chi connectivity index (χ0n) is 13.2. The molecule has 0 aliphatic heterocycles. The molecule has 1 saturated carbocycles. The lowest BCUT2D eigenvalue weighted by Crippen LogP contribution is -2.43. The van der Waals surface area contributed by atoms with Gasteiger partial charge >= 0.3 is 0 Å². The van der Waals surface area contributed by atoms with Crippen molar-refractivity contribution >= 4 is 0 Å². The van der Waals surface area contributed by atoms with E-state index in [-0.39, 0.29) is 0 Å². The molecule has 0 saturated heterocycles. The van der Waals surface area contributed by atoms with Gasteiger partial charge in [0.25, 0.3) is 0 Å². The van der Waals surface area contributed by atoms with Gasteiger partial charge in [0.1, 0.15) is 0 Å². The van der Waals surface area contributed by atoms with Crippen molar-refractivity contribution in [3.05, 3.63) is 35.4 Å². The van der Waals surface area contributed by atoms with Crippen LogP contribution in [0.15, 0.2) is 24.3 Å². The molecular formula is C18H30N2. The average Bonchev–Trinajstić information content (AvgIpc) is 2.45. The van der Waals surface area contributed by atoms with Crippen molar-refractivity contribution in [3.63, 3.8) is 0 Å². The molecule has 0 amide bonds. The first-order valence-corrected chi connectivity index (χ1v) is 8.12. The molecule has 0 aromatic heterocycles. The fourth-order valence-electron chi connectivity index (χ4n) is 3.61. The van der Waals surface area contributed by atoms with Crippen LogP contribution in [-0.2, 0) is 6.42 Å². The predicted molar refractivity (Wildman–Crippen MR) is 86.3 cm³/mol. The van der Waals surface area contributed by atoms with Crippen molar-refractivity contribution in [1.82, 2.24) is 5.43 Å². The topological polar surface area (TPSA) is 38.0 Å². The number of hydrazine groups is 1. The van der Waals surface area contributed by atoms with Crippen LogP contribution in [0, 0.1) is 24.7 Å². The van der Waals surface area contributed by atoms with Gasteiger partial charge < -0.3 is 0 Å². The number of aryl methyl sites for hydroxylation is 2. The summed E-state index contributed by atoms with van der Waals surface area (Å²) in [4.78, 5) is 0. The maximum Gasteiger partial charge on any atom is 0.0242 e. The summed E-state index contributed by atoms with van der Waals surface area (Å²) in [6.07, 6.45) is 6.28. The van der Waals surface area contributed by atoms with E-state index >= 15 is 0 Å². The number of rotatable bonds is 5. The smallest absolute Gasteiger partial charge is 0.0242 e. The summed E-state index contributed by atoms with van der Waals surface area (Å²) in [5, 5.41) is 0. The van der Waals surface area contributed by atoms with Crippen LogP contribution in [0.25, 0.3) is 0 Å². The van der Waals surface area contributed by atoms with Crippen LogP contribution in [0.3, 0.4) is 0 Å². The van der Waals surface area contributed by atoms with E-state index in [4.69, 9.17) is 5.84 Å². The molecule has 0 spiro atoms. The number of nitrogens with two attached hydrogens (primary N) is 1. The zero-order chi connectivity index (χ0) is 14.5. The molecule has 4 unspecified atom stereocenters. The normalized spacial score (nSPS) is 28.3. The highest BCUT2D eigenvalue weighted by Crippen LogP contribution is 2.35. The van der Waals surface area contributed by atoms with Gasteiger partial charge in [-0.15, -0.1) is 0 Å².